The minimum atomic E-state index is -2.95. The van der Waals surface area contributed by atoms with E-state index in [-0.39, 0.29) is 12.4 Å². The SMILES string of the molecule is CCC[C@H](C)CC(=O)CO[PH](=O)O. The molecule has 4 nitrogen and oxygen atoms in total. The lowest BCUT2D eigenvalue weighted by molar-refractivity contribution is -0.121. The third-order valence-electron chi connectivity index (χ3n) is 1.71. The number of carbonyl (C=O) groups is 1. The van der Waals surface area contributed by atoms with E-state index in [4.69, 9.17) is 4.89 Å². The van der Waals surface area contributed by atoms with Crippen molar-refractivity contribution in [3.05, 3.63) is 0 Å². The van der Waals surface area contributed by atoms with Crippen molar-refractivity contribution >= 4 is 14.0 Å². The summed E-state index contributed by atoms with van der Waals surface area (Å²) in [7, 11) is -2.95. The zero-order valence-electron chi connectivity index (χ0n) is 8.08. The second-order valence-electron chi connectivity index (χ2n) is 3.19. The summed E-state index contributed by atoms with van der Waals surface area (Å²) in [5.41, 5.74) is 0. The number of hydrogen-bond donors (Lipinski definition) is 1. The van der Waals surface area contributed by atoms with E-state index in [0.717, 1.165) is 12.8 Å². The van der Waals surface area contributed by atoms with Gasteiger partial charge in [0, 0.05) is 6.42 Å². The third-order valence-corrected chi connectivity index (χ3v) is 2.11. The Balaban J connectivity index is 3.55. The van der Waals surface area contributed by atoms with E-state index in [2.05, 4.69) is 11.4 Å². The largest absolute Gasteiger partial charge is 0.326 e. The van der Waals surface area contributed by atoms with Crippen molar-refractivity contribution in [2.75, 3.05) is 6.61 Å². The Kier molecular flexibility index (Phi) is 7.14. The van der Waals surface area contributed by atoms with Crippen LogP contribution in [0.2, 0.25) is 0 Å². The molecule has 1 unspecified atom stereocenters. The second-order valence-corrected chi connectivity index (χ2v) is 4.01. The zero-order chi connectivity index (χ0) is 10.3. The Morgan fingerprint density at radius 2 is 2.23 bits per heavy atom. The highest BCUT2D eigenvalue weighted by Crippen LogP contribution is 2.16. The Labute approximate surface area is 79.2 Å². The van der Waals surface area contributed by atoms with Gasteiger partial charge in [-0.1, -0.05) is 26.7 Å². The van der Waals surface area contributed by atoms with Crippen LogP contribution >= 0.6 is 8.25 Å². The second kappa shape index (κ2) is 7.25. The molecule has 78 valence electrons. The summed E-state index contributed by atoms with van der Waals surface area (Å²) in [6.45, 7) is 3.82. The molecule has 2 atom stereocenters. The van der Waals surface area contributed by atoms with Crippen LogP contribution in [-0.4, -0.2) is 17.3 Å². The van der Waals surface area contributed by atoms with Gasteiger partial charge in [-0.3, -0.25) is 9.36 Å². The van der Waals surface area contributed by atoms with Crippen LogP contribution in [0.1, 0.15) is 33.1 Å². The van der Waals surface area contributed by atoms with Crippen molar-refractivity contribution in [3.8, 4) is 0 Å². The highest BCUT2D eigenvalue weighted by Gasteiger charge is 2.09. The number of Topliss-reactive ketones (excluding diaryl/α,β-unsaturated/α-hetero) is 1. The lowest BCUT2D eigenvalue weighted by Crippen LogP contribution is -2.10. The molecule has 1 N–H and O–H groups in total. The fraction of sp³-hybridized carbons (Fsp3) is 0.875. The molecule has 0 aromatic heterocycles. The van der Waals surface area contributed by atoms with Gasteiger partial charge in [-0.25, -0.2) is 0 Å². The minimum Gasteiger partial charge on any atom is -0.326 e. The van der Waals surface area contributed by atoms with Crippen LogP contribution in [0, 0.1) is 5.92 Å². The molecule has 0 amide bonds. The van der Waals surface area contributed by atoms with Gasteiger partial charge in [-0.15, -0.1) is 0 Å². The van der Waals surface area contributed by atoms with Gasteiger partial charge in [0.15, 0.2) is 5.78 Å². The van der Waals surface area contributed by atoms with Crippen molar-refractivity contribution in [3.63, 3.8) is 0 Å². The van der Waals surface area contributed by atoms with Gasteiger partial charge in [0.2, 0.25) is 0 Å². The van der Waals surface area contributed by atoms with E-state index < -0.39 is 8.25 Å². The standard InChI is InChI=1S/C8H17O4P/c1-3-4-7(2)5-8(9)6-12-13(10)11/h7,13H,3-6H2,1-2H3,(H,10,11)/t7-/m0/s1. The molecule has 0 spiro atoms. The predicted octanol–water partition coefficient (Wildman–Crippen LogP) is 1.78. The fourth-order valence-electron chi connectivity index (χ4n) is 1.18. The summed E-state index contributed by atoms with van der Waals surface area (Å²) in [5.74, 6) is 0.232. The molecule has 13 heavy (non-hydrogen) atoms. The van der Waals surface area contributed by atoms with Crippen LogP contribution in [0.4, 0.5) is 0 Å². The lowest BCUT2D eigenvalue weighted by Gasteiger charge is -2.07. The molecule has 0 heterocycles. The van der Waals surface area contributed by atoms with Crippen molar-refractivity contribution in [2.24, 2.45) is 5.92 Å². The van der Waals surface area contributed by atoms with Gasteiger partial charge in [0.1, 0.15) is 6.61 Å². The molecule has 0 aliphatic heterocycles. The topological polar surface area (TPSA) is 63.6 Å². The normalized spacial score (nSPS) is 15.3. The highest BCUT2D eigenvalue weighted by molar-refractivity contribution is 7.32. The molecule has 0 radical (unpaired) electrons. The maximum absolute atomic E-state index is 11.1. The van der Waals surface area contributed by atoms with E-state index in [9.17, 15) is 9.36 Å². The van der Waals surface area contributed by atoms with Crippen LogP contribution < -0.4 is 0 Å². The Morgan fingerprint density at radius 1 is 1.62 bits per heavy atom. The van der Waals surface area contributed by atoms with Gasteiger partial charge >= 0.3 is 8.25 Å². The molecule has 0 fully saturated rings. The van der Waals surface area contributed by atoms with Crippen molar-refractivity contribution in [1.82, 2.24) is 0 Å². The van der Waals surface area contributed by atoms with E-state index in [0.29, 0.717) is 12.3 Å². The molecule has 0 saturated carbocycles. The molecule has 0 aromatic rings. The van der Waals surface area contributed by atoms with Crippen LogP contribution in [-0.2, 0) is 13.9 Å². The average molecular weight is 208 g/mol. The average Bonchev–Trinajstić information content (AvgIpc) is 2.01. The van der Waals surface area contributed by atoms with Gasteiger partial charge in [-0.2, -0.15) is 0 Å². The summed E-state index contributed by atoms with van der Waals surface area (Å²) in [4.78, 5) is 19.4. The first-order valence-electron chi connectivity index (χ1n) is 4.43. The first kappa shape index (κ1) is 12.8. The molecule has 5 heteroatoms. The zero-order valence-corrected chi connectivity index (χ0v) is 9.08. The number of rotatable bonds is 7. The van der Waals surface area contributed by atoms with Gasteiger partial charge in [0.05, 0.1) is 0 Å². The summed E-state index contributed by atoms with van der Waals surface area (Å²) < 4.78 is 14.5. The Hall–Kier alpha value is -0.180. The van der Waals surface area contributed by atoms with Crippen LogP contribution in [0.5, 0.6) is 0 Å². The van der Waals surface area contributed by atoms with Gasteiger partial charge in [-0.05, 0) is 5.92 Å². The van der Waals surface area contributed by atoms with Crippen LogP contribution in [0.25, 0.3) is 0 Å². The van der Waals surface area contributed by atoms with Crippen molar-refractivity contribution in [2.45, 2.75) is 33.1 Å². The smallest absolute Gasteiger partial charge is 0.317 e. The highest BCUT2D eigenvalue weighted by atomic mass is 31.1. The first-order valence-corrected chi connectivity index (χ1v) is 5.70. The lowest BCUT2D eigenvalue weighted by atomic mass is 10.0. The molecule has 0 aliphatic carbocycles. The monoisotopic (exact) mass is 208 g/mol. The number of carbonyl (C=O) groups excluding carboxylic acids is 1. The Bertz CT molecular complexity index is 181. The maximum Gasteiger partial charge on any atom is 0.317 e. The Morgan fingerprint density at radius 3 is 2.69 bits per heavy atom. The minimum absolute atomic E-state index is 0.103. The van der Waals surface area contributed by atoms with E-state index in [1.165, 1.54) is 0 Å². The fourth-order valence-corrected chi connectivity index (χ4v) is 1.47. The van der Waals surface area contributed by atoms with Gasteiger partial charge < -0.3 is 9.42 Å². The molecule has 0 aliphatic rings. The molecule has 0 rings (SSSR count). The summed E-state index contributed by atoms with van der Waals surface area (Å²) >= 11 is 0. The summed E-state index contributed by atoms with van der Waals surface area (Å²) in [6, 6.07) is 0. The molecular formula is C8H17O4P. The van der Waals surface area contributed by atoms with Crippen LogP contribution in [0.15, 0.2) is 0 Å². The van der Waals surface area contributed by atoms with E-state index >= 15 is 0 Å². The molecule has 0 saturated heterocycles. The number of hydrogen-bond acceptors (Lipinski definition) is 3. The van der Waals surface area contributed by atoms with E-state index in [1.807, 2.05) is 6.92 Å². The molecular weight excluding hydrogens is 191 g/mol. The first-order chi connectivity index (χ1) is 6.06. The molecule has 0 bridgehead atoms. The maximum atomic E-state index is 11.1. The third kappa shape index (κ3) is 8.16. The van der Waals surface area contributed by atoms with E-state index in [1.54, 1.807) is 0 Å². The quantitative estimate of drug-likeness (QED) is 0.648. The van der Waals surface area contributed by atoms with Gasteiger partial charge in [0.25, 0.3) is 0 Å². The summed E-state index contributed by atoms with van der Waals surface area (Å²) in [6.07, 6.45) is 2.48. The summed E-state index contributed by atoms with van der Waals surface area (Å²) in [5, 5.41) is 0. The van der Waals surface area contributed by atoms with Crippen LogP contribution in [0.3, 0.4) is 0 Å². The number of ketones is 1. The molecule has 0 aromatic carbocycles. The van der Waals surface area contributed by atoms with Crippen molar-refractivity contribution in [1.29, 1.82) is 0 Å². The predicted molar refractivity (Wildman–Crippen MR) is 50.9 cm³/mol. The van der Waals surface area contributed by atoms with Crippen molar-refractivity contribution < 1.29 is 18.8 Å².